The van der Waals surface area contributed by atoms with Crippen LogP contribution in [0.1, 0.15) is 37.3 Å². The zero-order valence-electron chi connectivity index (χ0n) is 17.4. The van der Waals surface area contributed by atoms with Crippen LogP contribution in [0.4, 0.5) is 5.69 Å². The Bertz CT molecular complexity index is 937. The van der Waals surface area contributed by atoms with Crippen LogP contribution >= 0.6 is 11.6 Å². The average Bonchev–Trinajstić information content (AvgIpc) is 2.71. The number of ether oxygens (including phenoxy) is 2. The first-order chi connectivity index (χ1) is 14.3. The number of hydrogen-bond acceptors (Lipinski definition) is 5. The van der Waals surface area contributed by atoms with Crippen molar-refractivity contribution in [1.29, 1.82) is 5.26 Å². The molecule has 2 aromatic carbocycles. The fraction of sp³-hybridized carbons (Fsp3) is 0.348. The Kier molecular flexibility index (Phi) is 8.70. The predicted octanol–water partition coefficient (Wildman–Crippen LogP) is 4.64. The highest BCUT2D eigenvalue weighted by molar-refractivity contribution is 6.30. The number of nitrogens with zero attached hydrogens (tertiary/aromatic N) is 2. The molecule has 0 saturated carbocycles. The molecule has 0 aliphatic carbocycles. The van der Waals surface area contributed by atoms with Gasteiger partial charge in [-0.25, -0.2) is 4.79 Å². The molecule has 0 aliphatic heterocycles. The number of rotatable bonds is 9. The molecule has 0 spiro atoms. The molecule has 30 heavy (non-hydrogen) atoms. The molecule has 7 heteroatoms. The van der Waals surface area contributed by atoms with E-state index in [0.29, 0.717) is 16.5 Å². The maximum Gasteiger partial charge on any atom is 0.344 e. The van der Waals surface area contributed by atoms with Crippen LogP contribution in [0.5, 0.6) is 5.75 Å². The number of aryl methyl sites for hydroxylation is 1. The molecule has 2 rings (SSSR count). The number of amides is 1. The molecule has 0 aliphatic rings. The molecule has 0 atom stereocenters. The molecule has 0 saturated heterocycles. The predicted molar refractivity (Wildman–Crippen MR) is 116 cm³/mol. The summed E-state index contributed by atoms with van der Waals surface area (Å²) in [5.74, 6) is -0.224. The van der Waals surface area contributed by atoms with Gasteiger partial charge in [0.1, 0.15) is 5.75 Å². The van der Waals surface area contributed by atoms with Gasteiger partial charge in [0.15, 0.2) is 13.2 Å². The third kappa shape index (κ3) is 6.78. The number of anilines is 1. The van der Waals surface area contributed by atoms with E-state index in [1.165, 1.54) is 4.90 Å². The Morgan fingerprint density at radius 2 is 1.93 bits per heavy atom. The van der Waals surface area contributed by atoms with Crippen LogP contribution in [0.15, 0.2) is 42.5 Å². The van der Waals surface area contributed by atoms with E-state index in [-0.39, 0.29) is 25.5 Å². The molecule has 1 amide bonds. The SMILES string of the molecule is Cc1ccc(C(C)C)c(OCC(=O)OCC(=O)N(CCC#N)c2cccc(Cl)c2)c1. The minimum Gasteiger partial charge on any atom is -0.482 e. The van der Waals surface area contributed by atoms with Crippen molar-refractivity contribution in [3.05, 3.63) is 58.6 Å². The van der Waals surface area contributed by atoms with Crippen molar-refractivity contribution < 1.29 is 19.1 Å². The molecule has 0 heterocycles. The topological polar surface area (TPSA) is 79.6 Å². The lowest BCUT2D eigenvalue weighted by Gasteiger charge is -2.22. The summed E-state index contributed by atoms with van der Waals surface area (Å²) in [6, 6.07) is 14.6. The van der Waals surface area contributed by atoms with Gasteiger partial charge in [0, 0.05) is 17.3 Å². The second-order valence-electron chi connectivity index (χ2n) is 7.08. The molecule has 0 unspecified atom stereocenters. The second-order valence-corrected chi connectivity index (χ2v) is 7.52. The van der Waals surface area contributed by atoms with Crippen LogP contribution in [-0.4, -0.2) is 31.6 Å². The Balaban J connectivity index is 1.96. The molecule has 6 nitrogen and oxygen atoms in total. The van der Waals surface area contributed by atoms with Crippen molar-refractivity contribution in [3.8, 4) is 11.8 Å². The van der Waals surface area contributed by atoms with Crippen LogP contribution in [0.3, 0.4) is 0 Å². The normalized spacial score (nSPS) is 10.4. The van der Waals surface area contributed by atoms with Gasteiger partial charge in [-0.3, -0.25) is 4.79 Å². The van der Waals surface area contributed by atoms with Gasteiger partial charge in [-0.15, -0.1) is 0 Å². The monoisotopic (exact) mass is 428 g/mol. The number of hydrogen-bond donors (Lipinski definition) is 0. The van der Waals surface area contributed by atoms with E-state index in [1.54, 1.807) is 24.3 Å². The lowest BCUT2D eigenvalue weighted by molar-refractivity contribution is -0.149. The molecule has 0 fully saturated rings. The van der Waals surface area contributed by atoms with Crippen molar-refractivity contribution in [1.82, 2.24) is 0 Å². The molecular formula is C23H25ClN2O4. The minimum absolute atomic E-state index is 0.140. The van der Waals surface area contributed by atoms with Crippen LogP contribution in [0, 0.1) is 18.3 Å². The van der Waals surface area contributed by atoms with Gasteiger partial charge in [-0.2, -0.15) is 5.26 Å². The second kappa shape index (κ2) is 11.2. The first-order valence-electron chi connectivity index (χ1n) is 9.63. The number of nitriles is 1. The quantitative estimate of drug-likeness (QED) is 0.543. The van der Waals surface area contributed by atoms with Crippen molar-refractivity contribution in [2.24, 2.45) is 0 Å². The van der Waals surface area contributed by atoms with E-state index in [1.807, 2.05) is 45.0 Å². The highest BCUT2D eigenvalue weighted by atomic mass is 35.5. The molecular weight excluding hydrogens is 404 g/mol. The van der Waals surface area contributed by atoms with Gasteiger partial charge in [-0.1, -0.05) is 43.6 Å². The van der Waals surface area contributed by atoms with Crippen molar-refractivity contribution in [2.75, 3.05) is 24.7 Å². The Morgan fingerprint density at radius 3 is 2.60 bits per heavy atom. The summed E-state index contributed by atoms with van der Waals surface area (Å²) in [5.41, 5.74) is 2.55. The molecule has 158 valence electrons. The Labute approximate surface area is 182 Å². The zero-order valence-corrected chi connectivity index (χ0v) is 18.1. The lowest BCUT2D eigenvalue weighted by Crippen LogP contribution is -2.36. The number of esters is 1. The van der Waals surface area contributed by atoms with Gasteiger partial charge in [0.25, 0.3) is 5.91 Å². The average molecular weight is 429 g/mol. The summed E-state index contributed by atoms with van der Waals surface area (Å²) < 4.78 is 10.7. The van der Waals surface area contributed by atoms with Gasteiger partial charge >= 0.3 is 5.97 Å². The third-order valence-electron chi connectivity index (χ3n) is 4.36. The molecule has 0 radical (unpaired) electrons. The van der Waals surface area contributed by atoms with E-state index >= 15 is 0 Å². The van der Waals surface area contributed by atoms with Gasteiger partial charge in [-0.05, 0) is 48.2 Å². The van der Waals surface area contributed by atoms with E-state index in [4.69, 9.17) is 26.3 Å². The molecule has 0 N–H and O–H groups in total. The fourth-order valence-electron chi connectivity index (χ4n) is 2.85. The number of carbonyl (C=O) groups excluding carboxylic acids is 2. The minimum atomic E-state index is -0.647. The van der Waals surface area contributed by atoms with E-state index < -0.39 is 18.5 Å². The van der Waals surface area contributed by atoms with Gasteiger partial charge < -0.3 is 14.4 Å². The summed E-state index contributed by atoms with van der Waals surface area (Å²) in [6.45, 7) is 5.45. The molecule has 0 bridgehead atoms. The van der Waals surface area contributed by atoms with Gasteiger partial charge in [0.05, 0.1) is 12.5 Å². The van der Waals surface area contributed by atoms with E-state index in [2.05, 4.69) is 0 Å². The van der Waals surface area contributed by atoms with Crippen LogP contribution in [0.25, 0.3) is 0 Å². The molecule has 2 aromatic rings. The zero-order chi connectivity index (χ0) is 22.1. The fourth-order valence-corrected chi connectivity index (χ4v) is 3.03. The maximum atomic E-state index is 12.6. The van der Waals surface area contributed by atoms with Crippen LogP contribution < -0.4 is 9.64 Å². The maximum absolute atomic E-state index is 12.6. The number of carbonyl (C=O) groups is 2. The van der Waals surface area contributed by atoms with Crippen molar-refractivity contribution in [2.45, 2.75) is 33.1 Å². The standard InChI is InChI=1S/C23H25ClN2O4/c1-16(2)20-9-8-17(3)12-21(20)29-15-23(28)30-14-22(27)26(11-5-10-25)19-7-4-6-18(24)13-19/h4,6-9,12-13,16H,5,11,14-15H2,1-3H3. The number of benzene rings is 2. The summed E-state index contributed by atoms with van der Waals surface area (Å²) in [5, 5.41) is 9.32. The first-order valence-corrected chi connectivity index (χ1v) is 10.0. The summed E-state index contributed by atoms with van der Waals surface area (Å²) in [7, 11) is 0. The summed E-state index contributed by atoms with van der Waals surface area (Å²) in [4.78, 5) is 26.1. The molecule has 0 aromatic heterocycles. The summed E-state index contributed by atoms with van der Waals surface area (Å²) >= 11 is 6.00. The van der Waals surface area contributed by atoms with E-state index in [0.717, 1.165) is 11.1 Å². The van der Waals surface area contributed by atoms with Crippen LogP contribution in [-0.2, 0) is 14.3 Å². The Hall–Kier alpha value is -3.04. The third-order valence-corrected chi connectivity index (χ3v) is 4.60. The highest BCUT2D eigenvalue weighted by Crippen LogP contribution is 2.27. The first kappa shape index (κ1) is 23.2. The largest absolute Gasteiger partial charge is 0.482 e. The lowest BCUT2D eigenvalue weighted by atomic mass is 10.0. The van der Waals surface area contributed by atoms with Crippen molar-refractivity contribution >= 4 is 29.2 Å². The van der Waals surface area contributed by atoms with Crippen molar-refractivity contribution in [3.63, 3.8) is 0 Å². The van der Waals surface area contributed by atoms with Crippen LogP contribution in [0.2, 0.25) is 5.02 Å². The Morgan fingerprint density at radius 1 is 1.17 bits per heavy atom. The smallest absolute Gasteiger partial charge is 0.344 e. The van der Waals surface area contributed by atoms with Gasteiger partial charge in [0.2, 0.25) is 0 Å². The highest BCUT2D eigenvalue weighted by Gasteiger charge is 2.18. The summed E-state index contributed by atoms with van der Waals surface area (Å²) in [6.07, 6.45) is 0.140. The number of halogens is 1. The van der Waals surface area contributed by atoms with E-state index in [9.17, 15) is 9.59 Å².